The summed E-state index contributed by atoms with van der Waals surface area (Å²) in [6, 6.07) is 1.29. The highest BCUT2D eigenvalue weighted by atomic mass is 32.2. The van der Waals surface area contributed by atoms with Crippen LogP contribution < -0.4 is 5.32 Å². The SMILES string of the molecule is Cc1oc(S(=O)(=O)N(C)C)cc1C(=O)N1CCCC(N2CCNCC2=O)C1. The molecule has 0 bridgehead atoms. The second-order valence-electron chi connectivity index (χ2n) is 7.13. The minimum absolute atomic E-state index is 0.00511. The standard InChI is InChI=1S/C17H26N4O5S/c1-12-14(9-16(26-12)27(24,25)19(2)3)17(23)20-7-4-5-13(11-20)21-8-6-18-10-15(21)22/h9,13,18H,4-8,10-11H2,1-3H3. The quantitative estimate of drug-likeness (QED) is 0.758. The Morgan fingerprint density at radius 3 is 2.74 bits per heavy atom. The van der Waals surface area contributed by atoms with Gasteiger partial charge < -0.3 is 19.5 Å². The number of sulfonamides is 1. The first-order chi connectivity index (χ1) is 12.7. The number of hydrogen-bond acceptors (Lipinski definition) is 6. The minimum atomic E-state index is -3.74. The molecule has 9 nitrogen and oxygen atoms in total. The van der Waals surface area contributed by atoms with E-state index in [1.807, 2.05) is 4.90 Å². The summed E-state index contributed by atoms with van der Waals surface area (Å²) < 4.78 is 30.9. The predicted octanol–water partition coefficient (Wildman–Crippen LogP) is -0.125. The van der Waals surface area contributed by atoms with Crippen LogP contribution in [-0.2, 0) is 14.8 Å². The highest BCUT2D eigenvalue weighted by Gasteiger charge is 2.34. The number of carbonyl (C=O) groups is 2. The van der Waals surface area contributed by atoms with Crippen LogP contribution in [0.4, 0.5) is 0 Å². The smallest absolute Gasteiger partial charge is 0.275 e. The van der Waals surface area contributed by atoms with Gasteiger partial charge in [0.25, 0.3) is 15.9 Å². The van der Waals surface area contributed by atoms with Gasteiger partial charge in [0.1, 0.15) is 5.76 Å². The lowest BCUT2D eigenvalue weighted by Crippen LogP contribution is -2.57. The van der Waals surface area contributed by atoms with Crippen LogP contribution in [0.15, 0.2) is 15.6 Å². The highest BCUT2D eigenvalue weighted by Crippen LogP contribution is 2.25. The molecule has 2 aliphatic rings. The van der Waals surface area contributed by atoms with Crippen molar-refractivity contribution in [1.82, 2.24) is 19.4 Å². The molecule has 1 aromatic rings. The van der Waals surface area contributed by atoms with Crippen molar-refractivity contribution in [3.05, 3.63) is 17.4 Å². The van der Waals surface area contributed by atoms with Crippen LogP contribution in [0.2, 0.25) is 0 Å². The van der Waals surface area contributed by atoms with Crippen LogP contribution in [0.25, 0.3) is 0 Å². The van der Waals surface area contributed by atoms with Gasteiger partial charge in [0.15, 0.2) is 0 Å². The largest absolute Gasteiger partial charge is 0.448 e. The van der Waals surface area contributed by atoms with Gasteiger partial charge in [-0.15, -0.1) is 0 Å². The molecule has 0 saturated carbocycles. The summed E-state index contributed by atoms with van der Waals surface area (Å²) in [5.41, 5.74) is 0.253. The summed E-state index contributed by atoms with van der Waals surface area (Å²) in [6.45, 7) is 4.34. The molecule has 0 aromatic carbocycles. The van der Waals surface area contributed by atoms with Crippen molar-refractivity contribution < 1.29 is 22.4 Å². The van der Waals surface area contributed by atoms with Crippen molar-refractivity contribution in [3.63, 3.8) is 0 Å². The summed E-state index contributed by atoms with van der Waals surface area (Å²) in [4.78, 5) is 28.7. The fraction of sp³-hybridized carbons (Fsp3) is 0.647. The fourth-order valence-electron chi connectivity index (χ4n) is 3.55. The Labute approximate surface area is 159 Å². The normalized spacial score (nSPS) is 21.8. The number of aryl methyl sites for hydroxylation is 1. The van der Waals surface area contributed by atoms with E-state index in [-0.39, 0.29) is 34.3 Å². The van der Waals surface area contributed by atoms with Crippen molar-refractivity contribution in [2.45, 2.75) is 30.9 Å². The monoisotopic (exact) mass is 398 g/mol. The summed E-state index contributed by atoms with van der Waals surface area (Å²) >= 11 is 0. The number of rotatable bonds is 4. The zero-order valence-corrected chi connectivity index (χ0v) is 16.7. The first kappa shape index (κ1) is 19.8. The van der Waals surface area contributed by atoms with Gasteiger partial charge in [-0.25, -0.2) is 12.7 Å². The molecule has 2 fully saturated rings. The Balaban J connectivity index is 1.78. The molecular weight excluding hydrogens is 372 g/mol. The maximum Gasteiger partial charge on any atom is 0.275 e. The molecular formula is C17H26N4O5S. The van der Waals surface area contributed by atoms with Crippen molar-refractivity contribution in [3.8, 4) is 0 Å². The van der Waals surface area contributed by atoms with Gasteiger partial charge in [0.05, 0.1) is 12.1 Å². The molecule has 3 heterocycles. The summed E-state index contributed by atoms with van der Waals surface area (Å²) in [5.74, 6) is 0.0731. The Bertz CT molecular complexity index is 832. The van der Waals surface area contributed by atoms with Crippen molar-refractivity contribution >= 4 is 21.8 Å². The summed E-state index contributed by atoms with van der Waals surface area (Å²) in [6.07, 6.45) is 1.66. The minimum Gasteiger partial charge on any atom is -0.448 e. The Hall–Kier alpha value is -1.91. The second kappa shape index (κ2) is 7.61. The van der Waals surface area contributed by atoms with E-state index in [4.69, 9.17) is 4.42 Å². The Morgan fingerprint density at radius 1 is 1.33 bits per heavy atom. The Morgan fingerprint density at radius 2 is 2.07 bits per heavy atom. The van der Waals surface area contributed by atoms with Gasteiger partial charge in [0, 0.05) is 52.4 Å². The van der Waals surface area contributed by atoms with Gasteiger partial charge >= 0.3 is 0 Å². The van der Waals surface area contributed by atoms with Crippen LogP contribution in [0.5, 0.6) is 0 Å². The molecule has 2 aliphatic heterocycles. The van der Waals surface area contributed by atoms with Crippen LogP contribution in [0.3, 0.4) is 0 Å². The van der Waals surface area contributed by atoms with E-state index in [1.54, 1.807) is 11.8 Å². The predicted molar refractivity (Wildman–Crippen MR) is 97.8 cm³/mol. The third kappa shape index (κ3) is 3.87. The van der Waals surface area contributed by atoms with Crippen LogP contribution >= 0.6 is 0 Å². The van der Waals surface area contributed by atoms with E-state index in [1.165, 1.54) is 20.2 Å². The van der Waals surface area contributed by atoms with Gasteiger partial charge in [-0.05, 0) is 19.8 Å². The number of carbonyl (C=O) groups excluding carboxylic acids is 2. The van der Waals surface area contributed by atoms with E-state index in [9.17, 15) is 18.0 Å². The molecule has 0 aliphatic carbocycles. The van der Waals surface area contributed by atoms with Crippen molar-refractivity contribution in [2.75, 3.05) is 46.8 Å². The lowest BCUT2D eigenvalue weighted by Gasteiger charge is -2.41. The van der Waals surface area contributed by atoms with Gasteiger partial charge in [-0.3, -0.25) is 9.59 Å². The maximum absolute atomic E-state index is 13.0. The van der Waals surface area contributed by atoms with Crippen LogP contribution in [0, 0.1) is 6.92 Å². The van der Waals surface area contributed by atoms with E-state index >= 15 is 0 Å². The molecule has 1 N–H and O–H groups in total. The molecule has 2 saturated heterocycles. The average molecular weight is 398 g/mol. The third-order valence-electron chi connectivity index (χ3n) is 5.11. The lowest BCUT2D eigenvalue weighted by atomic mass is 10.0. The molecule has 1 unspecified atom stereocenters. The highest BCUT2D eigenvalue weighted by molar-refractivity contribution is 7.88. The Kier molecular flexibility index (Phi) is 5.59. The van der Waals surface area contributed by atoms with E-state index in [2.05, 4.69) is 5.32 Å². The number of piperazine rings is 1. The molecule has 0 spiro atoms. The number of amides is 2. The van der Waals surface area contributed by atoms with Gasteiger partial charge in [-0.1, -0.05) is 0 Å². The zero-order valence-electron chi connectivity index (χ0n) is 15.9. The zero-order chi connectivity index (χ0) is 19.8. The average Bonchev–Trinajstić information content (AvgIpc) is 3.04. The molecule has 10 heteroatoms. The van der Waals surface area contributed by atoms with E-state index < -0.39 is 10.0 Å². The fourth-order valence-corrected chi connectivity index (χ4v) is 4.40. The number of hydrogen-bond donors (Lipinski definition) is 1. The number of piperidine rings is 1. The van der Waals surface area contributed by atoms with Gasteiger partial charge in [-0.2, -0.15) is 0 Å². The number of nitrogens with zero attached hydrogens (tertiary/aromatic N) is 3. The molecule has 150 valence electrons. The third-order valence-corrected chi connectivity index (χ3v) is 6.78. The van der Waals surface area contributed by atoms with E-state index in [0.29, 0.717) is 26.2 Å². The van der Waals surface area contributed by atoms with Crippen LogP contribution in [-0.4, -0.2) is 87.2 Å². The number of likely N-dealkylation sites (tertiary alicyclic amines) is 1. The molecule has 1 atom stereocenters. The maximum atomic E-state index is 13.0. The molecule has 27 heavy (non-hydrogen) atoms. The van der Waals surface area contributed by atoms with E-state index in [0.717, 1.165) is 23.7 Å². The molecule has 0 radical (unpaired) electrons. The summed E-state index contributed by atoms with van der Waals surface area (Å²) in [7, 11) is -0.920. The number of furan rings is 1. The van der Waals surface area contributed by atoms with Gasteiger partial charge in [0.2, 0.25) is 11.0 Å². The second-order valence-corrected chi connectivity index (χ2v) is 9.22. The first-order valence-corrected chi connectivity index (χ1v) is 10.5. The molecule has 3 rings (SSSR count). The lowest BCUT2D eigenvalue weighted by molar-refractivity contribution is -0.135. The van der Waals surface area contributed by atoms with Crippen LogP contribution in [0.1, 0.15) is 29.0 Å². The molecule has 2 amide bonds. The topological polar surface area (TPSA) is 103 Å². The van der Waals surface area contributed by atoms with Crippen molar-refractivity contribution in [1.29, 1.82) is 0 Å². The summed E-state index contributed by atoms with van der Waals surface area (Å²) in [5, 5.41) is 2.81. The molecule has 1 aromatic heterocycles. The van der Waals surface area contributed by atoms with Crippen molar-refractivity contribution in [2.24, 2.45) is 0 Å². The first-order valence-electron chi connectivity index (χ1n) is 9.04. The number of nitrogens with one attached hydrogen (secondary N) is 1.